The molecule has 363 valence electrons. The van der Waals surface area contributed by atoms with Crippen molar-refractivity contribution in [1.82, 2.24) is 0 Å². The second-order valence-electron chi connectivity index (χ2n) is 0. The first-order chi connectivity index (χ1) is 0. The van der Waals surface area contributed by atoms with Crippen LogP contribution in [0.3, 0.4) is 0 Å². The maximum Gasteiger partial charge on any atom is 0 e. The van der Waals surface area contributed by atoms with Gasteiger partial charge in [0.1, 0.15) is 0 Å². The summed E-state index contributed by atoms with van der Waals surface area (Å²) in [5.41, 5.74) is 0. The van der Waals surface area contributed by atoms with E-state index in [2.05, 4.69) is 0 Å². The number of rotatable bonds is 0. The summed E-state index contributed by atoms with van der Waals surface area (Å²) in [6.07, 6.45) is 0. The third-order valence-electron chi connectivity index (χ3n) is 0. The summed E-state index contributed by atoms with van der Waals surface area (Å²) >= 11 is 0. The molecule has 0 spiro atoms. The van der Waals surface area contributed by atoms with Gasteiger partial charge in [0.15, 0.2) is 0 Å². The van der Waals surface area contributed by atoms with Crippen molar-refractivity contribution in [3.8, 4) is 0 Å². The van der Waals surface area contributed by atoms with E-state index < -0.39 is 0 Å². The van der Waals surface area contributed by atoms with Crippen LogP contribution in [0.25, 0.3) is 0 Å². The van der Waals surface area contributed by atoms with E-state index in [1.54, 1.807) is 0 Å². The Labute approximate surface area is 469 Å². The average molecular weight is 1430 g/mol. The van der Waals surface area contributed by atoms with Gasteiger partial charge in [-0.2, -0.15) is 0 Å². The van der Waals surface area contributed by atoms with E-state index in [0.29, 0.717) is 0 Å². The van der Waals surface area contributed by atoms with E-state index in [1.165, 1.54) is 0 Å². The summed E-state index contributed by atoms with van der Waals surface area (Å²) in [5.74, 6) is 0. The summed E-state index contributed by atoms with van der Waals surface area (Å²) in [5, 5.41) is 0. The second kappa shape index (κ2) is 3390. The van der Waals surface area contributed by atoms with E-state index >= 15 is 0 Å². The van der Waals surface area contributed by atoms with Gasteiger partial charge in [-0.05, 0) is 0 Å². The monoisotopic (exact) mass is 1430 g/mol. The van der Waals surface area contributed by atoms with Crippen LogP contribution in [0.1, 0.15) is 0 Å². The first-order valence-corrected chi connectivity index (χ1v) is 0. The Morgan fingerprint density at radius 1 is 0.0588 bits per heavy atom. The minimum atomic E-state index is 0. The van der Waals surface area contributed by atoms with Crippen LogP contribution < -0.4 is 0 Å². The van der Waals surface area contributed by atoms with Crippen LogP contribution in [0.2, 0.25) is 0 Å². The van der Waals surface area contributed by atoms with Crippen molar-refractivity contribution in [1.29, 1.82) is 0 Å². The van der Waals surface area contributed by atoms with Gasteiger partial charge in [-0.15, -0.1) is 0 Å². The molecule has 0 aliphatic heterocycles. The van der Waals surface area contributed by atoms with Crippen LogP contribution in [0.5, 0.6) is 0 Å². The Balaban J connectivity index is 0. The van der Waals surface area contributed by atoms with Gasteiger partial charge in [0.05, 0.1) is 0 Å². The fourth-order valence-corrected chi connectivity index (χ4v) is 0. The zero-order valence-corrected chi connectivity index (χ0v) is 47.1. The minimum absolute atomic E-state index is 0. The molecule has 0 saturated carbocycles. The van der Waals surface area contributed by atoms with E-state index in [-0.39, 0.29) is 475 Å². The molecule has 90 N–H and O–H groups in total. The standard InChI is InChI=1S/36H2O.15V/h36*1H2;;;;;;;;;;;;;;;/p+18. The summed E-state index contributed by atoms with van der Waals surface area (Å²) in [4.78, 5) is 0. The van der Waals surface area contributed by atoms with Crippen molar-refractivity contribution in [2.24, 2.45) is 0 Å². The van der Waals surface area contributed by atoms with Crippen molar-refractivity contribution in [3.05, 3.63) is 0 Å². The quantitative estimate of drug-likeness (QED) is 0.204. The van der Waals surface area contributed by atoms with Crippen LogP contribution in [0.15, 0.2) is 0 Å². The van der Waals surface area contributed by atoms with E-state index in [4.69, 9.17) is 0 Å². The molecule has 0 amide bonds. The van der Waals surface area contributed by atoms with Crippen molar-refractivity contribution in [3.63, 3.8) is 0 Å². The van der Waals surface area contributed by atoms with Crippen LogP contribution >= 0.6 is 0 Å². The first-order valence-electron chi connectivity index (χ1n) is 0. The van der Waals surface area contributed by atoms with Crippen LogP contribution in [0.4, 0.5) is 0 Å². The van der Waals surface area contributed by atoms with Crippen LogP contribution in [-0.4, -0.2) is 98.6 Å². The zero-order chi connectivity index (χ0) is 0. The molecule has 0 saturated heterocycles. The van der Waals surface area contributed by atoms with Crippen molar-refractivity contribution in [2.75, 3.05) is 0 Å². The molecule has 0 aromatic heterocycles. The summed E-state index contributed by atoms with van der Waals surface area (Å²) < 4.78 is 0. The van der Waals surface area contributed by atoms with E-state index in [9.17, 15) is 0 Å². The molecular formula is H90O36V15+18. The summed E-state index contributed by atoms with van der Waals surface area (Å²) in [6, 6.07) is 0. The molecule has 0 heterocycles. The fraction of sp³-hybridized carbons (Fsp3) is 0. The molecule has 0 aliphatic rings. The van der Waals surface area contributed by atoms with Gasteiger partial charge >= 0.3 is 0 Å². The Hall–Kier alpha value is 7.33. The fourth-order valence-electron chi connectivity index (χ4n) is 0. The molecule has 51 heavy (non-hydrogen) atoms. The SMILES string of the molecule is O.O.O.O.O.O.O.O.O.O.O.O.O.O.O.O.O.O.[OH3+].[OH3+].[OH3+].[OH3+].[OH3+].[OH3+].[OH3+].[OH3+].[OH3+].[OH3+].[OH3+].[OH3+].[OH3+].[OH3+].[OH3+].[OH3+].[OH3+].[OH3+].[V].[V].[V].[V].[V].[V].[V].[V].[V].[V].[V].[V].[V].[V].[V]. The minimum Gasteiger partial charge on any atom is -0.457 e. The maximum absolute atomic E-state index is 0. The van der Waals surface area contributed by atoms with Gasteiger partial charge < -0.3 is 197 Å². The van der Waals surface area contributed by atoms with E-state index in [0.717, 1.165) is 0 Å². The number of hydrogen-bond acceptors (Lipinski definition) is 0. The van der Waals surface area contributed by atoms with E-state index in [1.807, 2.05) is 0 Å². The first kappa shape index (κ1) is 3570. The topological polar surface area (TPSA) is 1160 Å². The molecule has 0 bridgehead atoms. The molecule has 15 radical (unpaired) electrons. The molecule has 0 rings (SSSR count). The zero-order valence-electron chi connectivity index (χ0n) is 26.1. The Kier molecular flexibility index (Phi) is 237000. The van der Waals surface area contributed by atoms with Crippen molar-refractivity contribution < 1.29 is 475 Å². The van der Waals surface area contributed by atoms with Crippen molar-refractivity contribution >= 4 is 0 Å². The molecule has 0 aliphatic carbocycles. The molecule has 0 aromatic carbocycles. The van der Waals surface area contributed by atoms with Gasteiger partial charge in [0.25, 0.3) is 0 Å². The number of hydrogen-bond donors (Lipinski definition) is 0. The van der Waals surface area contributed by atoms with Gasteiger partial charge in [-0.25, -0.2) is 0 Å². The summed E-state index contributed by atoms with van der Waals surface area (Å²) in [6.45, 7) is 0. The average Bonchev–Trinajstić information content (AvgIpc) is 0. The maximum atomic E-state index is 0. The smallest absolute Gasteiger partial charge is 0 e. The Morgan fingerprint density at radius 2 is 0.0588 bits per heavy atom. The van der Waals surface area contributed by atoms with Gasteiger partial charge in [0.2, 0.25) is 0 Å². The van der Waals surface area contributed by atoms with Crippen LogP contribution in [-0.2, 0) is 377 Å². The predicted octanol–water partition coefficient (Wildman–Crippen LogP) is -31.5. The van der Waals surface area contributed by atoms with Crippen molar-refractivity contribution in [2.45, 2.75) is 0 Å². The molecule has 51 heteroatoms. The van der Waals surface area contributed by atoms with Gasteiger partial charge in [-0.1, -0.05) is 0 Å². The van der Waals surface area contributed by atoms with Gasteiger partial charge in [0, 0.05) is 278 Å². The third kappa shape index (κ3) is 3270. The molecule has 0 aromatic rings. The molecule has 36 nitrogen and oxygen atoms in total. The van der Waals surface area contributed by atoms with Crippen LogP contribution in [0, 0.1) is 0 Å². The van der Waals surface area contributed by atoms with Gasteiger partial charge in [-0.3, -0.25) is 0 Å². The molecule has 0 fully saturated rings. The molecular weight excluding hydrogens is 1340 g/mol. The normalized spacial score (nSPS) is 0. The Morgan fingerprint density at radius 3 is 0.0588 bits per heavy atom. The Bertz CT molecular complexity index is 44.6. The molecule has 0 atom stereocenters. The predicted molar refractivity (Wildman–Crippen MR) is 153 cm³/mol. The summed E-state index contributed by atoms with van der Waals surface area (Å²) in [7, 11) is 0. The third-order valence-corrected chi connectivity index (χ3v) is 0. The largest absolute Gasteiger partial charge is 0.457 e. The molecule has 0 unspecified atom stereocenters. The second-order valence-corrected chi connectivity index (χ2v) is 0.